The fraction of sp³-hybridized carbons (Fsp3) is 0.357. The lowest BCUT2D eigenvalue weighted by Crippen LogP contribution is -2.49. The largest absolute Gasteiger partial charge is 0.369 e. The van der Waals surface area contributed by atoms with Gasteiger partial charge in [0.1, 0.15) is 17.8 Å². The number of aromatic nitrogens is 1. The van der Waals surface area contributed by atoms with E-state index in [0.29, 0.717) is 31.9 Å². The number of piperazine rings is 1. The SMILES string of the molecule is O=S(=O)(Cc1ccon1)N1CCN(c2ccc(F)cc2)CC1. The Morgan fingerprint density at radius 2 is 1.77 bits per heavy atom. The molecule has 2 heterocycles. The predicted octanol–water partition coefficient (Wildman–Crippen LogP) is 1.47. The molecule has 0 saturated carbocycles. The van der Waals surface area contributed by atoms with Crippen molar-refractivity contribution in [2.45, 2.75) is 5.75 Å². The standard InChI is InChI=1S/C14H16FN3O3S/c15-12-1-3-14(4-2-12)17-6-8-18(9-7-17)22(19,20)11-13-5-10-21-16-13/h1-5,10H,6-9,11H2. The second-order valence-electron chi connectivity index (χ2n) is 5.11. The third-order valence-electron chi connectivity index (χ3n) is 3.65. The van der Waals surface area contributed by atoms with Crippen molar-refractivity contribution in [3.63, 3.8) is 0 Å². The molecule has 3 rings (SSSR count). The number of anilines is 1. The van der Waals surface area contributed by atoms with Gasteiger partial charge in [-0.15, -0.1) is 0 Å². The molecular weight excluding hydrogens is 309 g/mol. The van der Waals surface area contributed by atoms with Gasteiger partial charge in [-0.2, -0.15) is 4.31 Å². The molecule has 8 heteroatoms. The first kappa shape index (κ1) is 15.0. The van der Waals surface area contributed by atoms with Crippen LogP contribution in [0.2, 0.25) is 0 Å². The number of rotatable bonds is 4. The van der Waals surface area contributed by atoms with Crippen LogP contribution >= 0.6 is 0 Å². The number of benzene rings is 1. The molecule has 0 bridgehead atoms. The van der Waals surface area contributed by atoms with E-state index in [1.165, 1.54) is 22.7 Å². The van der Waals surface area contributed by atoms with Gasteiger partial charge < -0.3 is 9.42 Å². The van der Waals surface area contributed by atoms with E-state index in [9.17, 15) is 12.8 Å². The maximum Gasteiger partial charge on any atom is 0.220 e. The lowest BCUT2D eigenvalue weighted by Gasteiger charge is -2.35. The minimum Gasteiger partial charge on any atom is -0.369 e. The molecule has 6 nitrogen and oxygen atoms in total. The Kier molecular flexibility index (Phi) is 4.12. The summed E-state index contributed by atoms with van der Waals surface area (Å²) in [6.45, 7) is 1.95. The Bertz CT molecular complexity index is 708. The molecule has 0 aliphatic carbocycles. The Balaban J connectivity index is 1.62. The number of hydrogen-bond acceptors (Lipinski definition) is 5. The van der Waals surface area contributed by atoms with Crippen LogP contribution in [0.25, 0.3) is 0 Å². The topological polar surface area (TPSA) is 66.7 Å². The van der Waals surface area contributed by atoms with Crippen molar-refractivity contribution >= 4 is 15.7 Å². The van der Waals surface area contributed by atoms with Gasteiger partial charge in [-0.05, 0) is 24.3 Å². The summed E-state index contributed by atoms with van der Waals surface area (Å²) in [6, 6.07) is 7.77. The van der Waals surface area contributed by atoms with Crippen molar-refractivity contribution in [1.82, 2.24) is 9.46 Å². The van der Waals surface area contributed by atoms with E-state index >= 15 is 0 Å². The quantitative estimate of drug-likeness (QED) is 0.851. The average molecular weight is 325 g/mol. The molecular formula is C14H16FN3O3S. The molecule has 1 aliphatic rings. The van der Waals surface area contributed by atoms with Crippen LogP contribution in [0.15, 0.2) is 41.1 Å². The lowest BCUT2D eigenvalue weighted by molar-refractivity contribution is 0.381. The molecule has 1 fully saturated rings. The smallest absolute Gasteiger partial charge is 0.220 e. The van der Waals surface area contributed by atoms with Crippen LogP contribution in [0, 0.1) is 5.82 Å². The maximum absolute atomic E-state index is 12.9. The van der Waals surface area contributed by atoms with E-state index in [4.69, 9.17) is 0 Å². The van der Waals surface area contributed by atoms with Crippen LogP contribution in [0.3, 0.4) is 0 Å². The molecule has 118 valence electrons. The van der Waals surface area contributed by atoms with Crippen molar-refractivity contribution in [2.75, 3.05) is 31.1 Å². The molecule has 0 spiro atoms. The zero-order valence-electron chi connectivity index (χ0n) is 11.9. The van der Waals surface area contributed by atoms with Crippen LogP contribution in [0.4, 0.5) is 10.1 Å². The Labute approximate surface area is 128 Å². The third kappa shape index (κ3) is 3.28. The van der Waals surface area contributed by atoms with Crippen molar-refractivity contribution in [3.05, 3.63) is 48.1 Å². The molecule has 0 unspecified atom stereocenters. The van der Waals surface area contributed by atoms with Gasteiger partial charge in [0.15, 0.2) is 0 Å². The van der Waals surface area contributed by atoms with Gasteiger partial charge in [0.2, 0.25) is 10.0 Å². The highest BCUT2D eigenvalue weighted by atomic mass is 32.2. The second-order valence-corrected chi connectivity index (χ2v) is 7.08. The highest BCUT2D eigenvalue weighted by Crippen LogP contribution is 2.19. The Morgan fingerprint density at radius 3 is 2.36 bits per heavy atom. The van der Waals surface area contributed by atoms with E-state index in [0.717, 1.165) is 5.69 Å². The zero-order valence-corrected chi connectivity index (χ0v) is 12.7. The molecule has 1 aliphatic heterocycles. The molecule has 0 atom stereocenters. The van der Waals surface area contributed by atoms with E-state index in [-0.39, 0.29) is 11.6 Å². The van der Waals surface area contributed by atoms with Gasteiger partial charge in [-0.25, -0.2) is 12.8 Å². The summed E-state index contributed by atoms with van der Waals surface area (Å²) in [7, 11) is -3.39. The number of halogens is 1. The Morgan fingerprint density at radius 1 is 1.09 bits per heavy atom. The summed E-state index contributed by atoms with van der Waals surface area (Å²) in [4.78, 5) is 2.04. The van der Waals surface area contributed by atoms with Gasteiger partial charge in [0.05, 0.1) is 5.69 Å². The monoisotopic (exact) mass is 325 g/mol. The average Bonchev–Trinajstić information content (AvgIpc) is 3.00. The Hall–Kier alpha value is -1.93. The third-order valence-corrected chi connectivity index (χ3v) is 5.46. The first-order valence-corrected chi connectivity index (χ1v) is 8.53. The molecule has 1 aromatic carbocycles. The molecule has 0 amide bonds. The fourth-order valence-electron chi connectivity index (χ4n) is 2.47. The van der Waals surface area contributed by atoms with Crippen molar-refractivity contribution in [1.29, 1.82) is 0 Å². The van der Waals surface area contributed by atoms with Gasteiger partial charge >= 0.3 is 0 Å². The summed E-state index contributed by atoms with van der Waals surface area (Å²) in [5.74, 6) is -0.433. The summed E-state index contributed by atoms with van der Waals surface area (Å²) < 4.78 is 43.7. The minimum absolute atomic E-state index is 0.153. The summed E-state index contributed by atoms with van der Waals surface area (Å²) in [5, 5.41) is 3.64. The van der Waals surface area contributed by atoms with Crippen LogP contribution in [0.5, 0.6) is 0 Å². The first-order valence-electron chi connectivity index (χ1n) is 6.92. The van der Waals surface area contributed by atoms with Gasteiger partial charge in [0, 0.05) is 37.9 Å². The van der Waals surface area contributed by atoms with E-state index < -0.39 is 10.0 Å². The second kappa shape index (κ2) is 6.05. The normalized spacial score (nSPS) is 16.9. The van der Waals surface area contributed by atoms with Crippen molar-refractivity contribution < 1.29 is 17.3 Å². The van der Waals surface area contributed by atoms with Gasteiger partial charge in [-0.3, -0.25) is 0 Å². The van der Waals surface area contributed by atoms with E-state index in [2.05, 4.69) is 9.68 Å². The van der Waals surface area contributed by atoms with Gasteiger partial charge in [-0.1, -0.05) is 5.16 Å². The van der Waals surface area contributed by atoms with E-state index in [1.54, 1.807) is 18.2 Å². The molecule has 22 heavy (non-hydrogen) atoms. The number of hydrogen-bond donors (Lipinski definition) is 0. The fourth-order valence-corrected chi connectivity index (χ4v) is 3.89. The van der Waals surface area contributed by atoms with Crippen LogP contribution in [-0.2, 0) is 15.8 Å². The summed E-state index contributed by atoms with van der Waals surface area (Å²) >= 11 is 0. The number of sulfonamides is 1. The summed E-state index contributed by atoms with van der Waals surface area (Å²) in [5.41, 5.74) is 1.30. The molecule has 1 aromatic heterocycles. The van der Waals surface area contributed by atoms with E-state index in [1.807, 2.05) is 4.90 Å². The first-order chi connectivity index (χ1) is 10.5. The minimum atomic E-state index is -3.39. The highest BCUT2D eigenvalue weighted by Gasteiger charge is 2.27. The van der Waals surface area contributed by atoms with Crippen LogP contribution in [-0.4, -0.2) is 44.1 Å². The molecule has 1 saturated heterocycles. The van der Waals surface area contributed by atoms with Crippen LogP contribution < -0.4 is 4.90 Å². The van der Waals surface area contributed by atoms with Gasteiger partial charge in [0.25, 0.3) is 0 Å². The maximum atomic E-state index is 12.9. The number of nitrogens with zero attached hydrogens (tertiary/aromatic N) is 3. The molecule has 0 N–H and O–H groups in total. The highest BCUT2D eigenvalue weighted by molar-refractivity contribution is 7.88. The van der Waals surface area contributed by atoms with Crippen LogP contribution in [0.1, 0.15) is 5.69 Å². The summed E-state index contributed by atoms with van der Waals surface area (Å²) in [6.07, 6.45) is 1.36. The molecule has 0 radical (unpaired) electrons. The molecule has 2 aromatic rings. The zero-order chi connectivity index (χ0) is 15.6. The van der Waals surface area contributed by atoms with Crippen molar-refractivity contribution in [3.8, 4) is 0 Å². The lowest BCUT2D eigenvalue weighted by atomic mass is 10.2. The predicted molar refractivity (Wildman–Crippen MR) is 79.3 cm³/mol. The van der Waals surface area contributed by atoms with Crippen molar-refractivity contribution in [2.24, 2.45) is 0 Å².